The van der Waals surface area contributed by atoms with E-state index < -0.39 is 0 Å². The Labute approximate surface area is 204 Å². The molecule has 6 nitrogen and oxygen atoms in total. The Morgan fingerprint density at radius 2 is 1.97 bits per heavy atom. The molecule has 0 aromatic carbocycles. The number of hydrogen-bond donors (Lipinski definition) is 1. The van der Waals surface area contributed by atoms with Crippen molar-refractivity contribution in [3.05, 3.63) is 62.0 Å². The molecule has 4 aromatic heterocycles. The highest BCUT2D eigenvalue weighted by atomic mass is 32.1. The molecule has 1 aliphatic heterocycles. The second-order valence-corrected chi connectivity index (χ2v) is 11.3. The molecule has 172 valence electrons. The summed E-state index contributed by atoms with van der Waals surface area (Å²) in [6, 6.07) is 8.35. The minimum Gasteiger partial charge on any atom is -0.353 e. The number of likely N-dealkylation sites (tertiary alicyclic amines) is 1. The number of carbonyl (C=O) groups is 1. The van der Waals surface area contributed by atoms with E-state index in [0.717, 1.165) is 29.4 Å². The van der Waals surface area contributed by atoms with Crippen LogP contribution in [0, 0.1) is 5.92 Å². The minimum absolute atomic E-state index is 0.0320. The van der Waals surface area contributed by atoms with Crippen LogP contribution in [0.15, 0.2) is 51.5 Å². The zero-order valence-corrected chi connectivity index (χ0v) is 20.8. The molecule has 0 radical (unpaired) electrons. The molecule has 5 heterocycles. The van der Waals surface area contributed by atoms with Crippen LogP contribution < -0.4 is 10.9 Å². The molecule has 1 fully saturated rings. The molecular weight excluding hydrogens is 472 g/mol. The maximum Gasteiger partial charge on any atom is 0.263 e. The van der Waals surface area contributed by atoms with E-state index in [-0.39, 0.29) is 24.1 Å². The zero-order chi connectivity index (χ0) is 22.8. The molecule has 1 saturated heterocycles. The van der Waals surface area contributed by atoms with E-state index in [4.69, 9.17) is 0 Å². The largest absolute Gasteiger partial charge is 0.353 e. The smallest absolute Gasteiger partial charge is 0.263 e. The number of thiophene rings is 3. The molecule has 9 heteroatoms. The van der Waals surface area contributed by atoms with E-state index in [2.05, 4.69) is 39.6 Å². The Morgan fingerprint density at radius 1 is 1.18 bits per heavy atom. The predicted molar refractivity (Wildman–Crippen MR) is 137 cm³/mol. The van der Waals surface area contributed by atoms with Gasteiger partial charge in [0, 0.05) is 27.2 Å². The Kier molecular flexibility index (Phi) is 6.73. The van der Waals surface area contributed by atoms with E-state index in [1.54, 1.807) is 22.7 Å². The van der Waals surface area contributed by atoms with Gasteiger partial charge in [0.1, 0.15) is 11.4 Å². The fraction of sp³-hybridized carbons (Fsp3) is 0.375. The number of nitrogens with zero attached hydrogens (tertiary/aromatic N) is 3. The topological polar surface area (TPSA) is 67.2 Å². The number of hydrogen-bond acceptors (Lipinski definition) is 7. The van der Waals surface area contributed by atoms with Crippen molar-refractivity contribution in [2.24, 2.45) is 5.92 Å². The predicted octanol–water partition coefficient (Wildman–Crippen LogP) is 4.84. The lowest BCUT2D eigenvalue weighted by molar-refractivity contribution is -0.122. The van der Waals surface area contributed by atoms with Gasteiger partial charge in [0.15, 0.2) is 0 Å². The summed E-state index contributed by atoms with van der Waals surface area (Å²) in [6.07, 6.45) is 3.86. The number of carbonyl (C=O) groups excluding carboxylic acids is 1. The minimum atomic E-state index is -0.168. The van der Waals surface area contributed by atoms with Crippen molar-refractivity contribution in [2.75, 3.05) is 19.6 Å². The van der Waals surface area contributed by atoms with Crippen LogP contribution in [-0.4, -0.2) is 40.0 Å². The van der Waals surface area contributed by atoms with Gasteiger partial charge in [-0.05, 0) is 54.7 Å². The molecule has 1 amide bonds. The molecule has 1 atom stereocenters. The lowest BCUT2D eigenvalue weighted by Crippen LogP contribution is -2.42. The number of piperidine rings is 1. The van der Waals surface area contributed by atoms with Gasteiger partial charge in [0.25, 0.3) is 5.56 Å². The summed E-state index contributed by atoms with van der Waals surface area (Å²) in [5, 5.41) is 9.73. The molecule has 0 aliphatic carbocycles. The molecular formula is C24H26N4O2S3. The van der Waals surface area contributed by atoms with Crippen molar-refractivity contribution in [1.29, 1.82) is 0 Å². The Hall–Kier alpha value is -2.33. The summed E-state index contributed by atoms with van der Waals surface area (Å²) >= 11 is 4.79. The number of nitrogens with one attached hydrogen (secondary N) is 1. The van der Waals surface area contributed by atoms with Gasteiger partial charge in [0.05, 0.1) is 17.8 Å². The Balaban J connectivity index is 1.31. The van der Waals surface area contributed by atoms with Crippen LogP contribution in [0.3, 0.4) is 0 Å². The zero-order valence-electron chi connectivity index (χ0n) is 18.4. The maximum atomic E-state index is 13.2. The standard InChI is InChI=1S/C24H26N4O2S3/c1-16-6-8-27(9-7-16)18(20-5-3-11-32-20)12-25-21(29)13-28-15-26-23-22(24(28)30)17(14-33-23)19-4-2-10-31-19/h2-5,10-11,14-16,18H,6-9,12-13H2,1H3,(H,25,29)/t18-/m1/s1. The number of rotatable bonds is 7. The molecule has 1 aliphatic rings. The average Bonchev–Trinajstić information content (AvgIpc) is 3.59. The van der Waals surface area contributed by atoms with E-state index >= 15 is 0 Å². The van der Waals surface area contributed by atoms with Gasteiger partial charge in [-0.15, -0.1) is 34.0 Å². The summed E-state index contributed by atoms with van der Waals surface area (Å²) in [7, 11) is 0. The van der Waals surface area contributed by atoms with Crippen molar-refractivity contribution in [3.63, 3.8) is 0 Å². The number of amides is 1. The van der Waals surface area contributed by atoms with Gasteiger partial charge < -0.3 is 5.32 Å². The monoisotopic (exact) mass is 498 g/mol. The normalized spacial score (nSPS) is 16.3. The van der Waals surface area contributed by atoms with Crippen molar-refractivity contribution >= 4 is 50.1 Å². The van der Waals surface area contributed by atoms with E-state index in [9.17, 15) is 9.59 Å². The lowest BCUT2D eigenvalue weighted by Gasteiger charge is -2.36. The van der Waals surface area contributed by atoms with Gasteiger partial charge in [-0.3, -0.25) is 19.1 Å². The second kappa shape index (κ2) is 9.89. The lowest BCUT2D eigenvalue weighted by atomic mass is 9.97. The quantitative estimate of drug-likeness (QED) is 0.396. The highest BCUT2D eigenvalue weighted by molar-refractivity contribution is 7.18. The third-order valence-corrected chi connectivity index (χ3v) is 9.05. The molecule has 4 aromatic rings. The van der Waals surface area contributed by atoms with Crippen molar-refractivity contribution in [2.45, 2.75) is 32.4 Å². The summed E-state index contributed by atoms with van der Waals surface area (Å²) in [5.74, 6) is 0.586. The van der Waals surface area contributed by atoms with Gasteiger partial charge in [0.2, 0.25) is 5.91 Å². The van der Waals surface area contributed by atoms with Crippen molar-refractivity contribution in [3.8, 4) is 10.4 Å². The van der Waals surface area contributed by atoms with Crippen LogP contribution in [-0.2, 0) is 11.3 Å². The first-order valence-electron chi connectivity index (χ1n) is 11.1. The Morgan fingerprint density at radius 3 is 2.70 bits per heavy atom. The summed E-state index contributed by atoms with van der Waals surface area (Å²) in [5.41, 5.74) is 0.731. The van der Waals surface area contributed by atoms with Crippen LogP contribution in [0.2, 0.25) is 0 Å². The van der Waals surface area contributed by atoms with E-state index in [1.807, 2.05) is 22.9 Å². The second-order valence-electron chi connectivity index (χ2n) is 8.54. The summed E-state index contributed by atoms with van der Waals surface area (Å²) in [4.78, 5) is 36.0. The SMILES string of the molecule is CC1CCN([C@H](CNC(=O)Cn2cnc3scc(-c4cccs4)c3c2=O)c2cccs2)CC1. The highest BCUT2D eigenvalue weighted by Crippen LogP contribution is 2.33. The highest BCUT2D eigenvalue weighted by Gasteiger charge is 2.26. The molecule has 5 rings (SSSR count). The fourth-order valence-electron chi connectivity index (χ4n) is 4.35. The molecule has 33 heavy (non-hydrogen) atoms. The molecule has 0 saturated carbocycles. The third kappa shape index (κ3) is 4.82. The summed E-state index contributed by atoms with van der Waals surface area (Å²) in [6.45, 7) is 4.90. The van der Waals surface area contributed by atoms with Gasteiger partial charge in [-0.2, -0.15) is 0 Å². The first-order valence-corrected chi connectivity index (χ1v) is 13.8. The summed E-state index contributed by atoms with van der Waals surface area (Å²) < 4.78 is 1.42. The first-order chi connectivity index (χ1) is 16.1. The molecule has 0 bridgehead atoms. The van der Waals surface area contributed by atoms with Crippen molar-refractivity contribution in [1.82, 2.24) is 19.8 Å². The van der Waals surface area contributed by atoms with Crippen LogP contribution in [0.1, 0.15) is 30.7 Å². The van der Waals surface area contributed by atoms with Crippen LogP contribution >= 0.6 is 34.0 Å². The number of aromatic nitrogens is 2. The van der Waals surface area contributed by atoms with Crippen molar-refractivity contribution < 1.29 is 4.79 Å². The van der Waals surface area contributed by atoms with Crippen LogP contribution in [0.5, 0.6) is 0 Å². The fourth-order valence-corrected chi connectivity index (χ4v) is 6.93. The van der Waals surface area contributed by atoms with E-state index in [1.165, 1.54) is 39.9 Å². The van der Waals surface area contributed by atoms with Gasteiger partial charge >= 0.3 is 0 Å². The first kappa shape index (κ1) is 22.5. The van der Waals surface area contributed by atoms with Crippen LogP contribution in [0.25, 0.3) is 20.7 Å². The maximum absolute atomic E-state index is 13.2. The van der Waals surface area contributed by atoms with Gasteiger partial charge in [-0.1, -0.05) is 19.1 Å². The van der Waals surface area contributed by atoms with Gasteiger partial charge in [-0.25, -0.2) is 4.98 Å². The average molecular weight is 499 g/mol. The molecule has 1 N–H and O–H groups in total. The Bertz CT molecular complexity index is 1270. The molecule has 0 unspecified atom stereocenters. The molecule has 0 spiro atoms. The van der Waals surface area contributed by atoms with Crippen LogP contribution in [0.4, 0.5) is 0 Å². The number of fused-ring (bicyclic) bond motifs is 1. The third-order valence-electron chi connectivity index (χ3n) is 6.28. The van der Waals surface area contributed by atoms with E-state index in [0.29, 0.717) is 16.8 Å².